The van der Waals surface area contributed by atoms with E-state index < -0.39 is 29.8 Å². The van der Waals surface area contributed by atoms with Crippen molar-refractivity contribution in [2.45, 2.75) is 26.8 Å². The van der Waals surface area contributed by atoms with Crippen LogP contribution in [0.2, 0.25) is 0 Å². The summed E-state index contributed by atoms with van der Waals surface area (Å²) in [5.74, 6) is -3.14. The molecule has 0 aliphatic heterocycles. The summed E-state index contributed by atoms with van der Waals surface area (Å²) in [5, 5.41) is 15.5. The van der Waals surface area contributed by atoms with Crippen LogP contribution in [0.15, 0.2) is 12.4 Å². The van der Waals surface area contributed by atoms with E-state index in [0.29, 0.717) is 5.56 Å². The number of primary amides is 1. The van der Waals surface area contributed by atoms with E-state index in [4.69, 9.17) is 15.6 Å². The number of rotatable bonds is 7. The topological polar surface area (TPSA) is 154 Å². The van der Waals surface area contributed by atoms with Gasteiger partial charge in [0, 0.05) is 6.20 Å². The number of aromatic carboxylic acids is 1. The Hall–Kier alpha value is -3.21. The lowest BCUT2D eigenvalue weighted by Crippen LogP contribution is -2.24. The van der Waals surface area contributed by atoms with Crippen LogP contribution < -0.4 is 11.1 Å². The van der Waals surface area contributed by atoms with Gasteiger partial charge in [-0.3, -0.25) is 14.3 Å². The van der Waals surface area contributed by atoms with Gasteiger partial charge in [-0.2, -0.15) is 5.10 Å². The summed E-state index contributed by atoms with van der Waals surface area (Å²) < 4.78 is 6.16. The minimum atomic E-state index is -1.17. The third-order valence-electron chi connectivity index (χ3n) is 3.71. The average molecular weight is 394 g/mol. The number of hydrogen-bond acceptors (Lipinski definition) is 7. The summed E-state index contributed by atoms with van der Waals surface area (Å²) in [5.41, 5.74) is 5.63. The Kier molecular flexibility index (Phi) is 5.95. The second-order valence-corrected chi connectivity index (χ2v) is 6.55. The SMILES string of the molecule is CCOC(=O)c1c(NC(=O)C(C)n2cc(C(=O)O)cn2)sc(C(N)=O)c1C. The zero-order chi connectivity index (χ0) is 20.3. The largest absolute Gasteiger partial charge is 0.478 e. The molecule has 27 heavy (non-hydrogen) atoms. The molecule has 2 amide bonds. The number of nitrogens with zero attached hydrogens (tertiary/aromatic N) is 2. The Morgan fingerprint density at radius 2 is 2.07 bits per heavy atom. The van der Waals surface area contributed by atoms with Gasteiger partial charge >= 0.3 is 11.9 Å². The van der Waals surface area contributed by atoms with Gasteiger partial charge in [0.05, 0.1) is 28.8 Å². The number of thiophene rings is 1. The first-order valence-corrected chi connectivity index (χ1v) is 8.67. The lowest BCUT2D eigenvalue weighted by Gasteiger charge is -2.13. The molecule has 0 radical (unpaired) electrons. The number of nitrogens with one attached hydrogen (secondary N) is 1. The van der Waals surface area contributed by atoms with Gasteiger partial charge in [0.1, 0.15) is 11.0 Å². The van der Waals surface area contributed by atoms with Gasteiger partial charge in [0.2, 0.25) is 5.91 Å². The smallest absolute Gasteiger partial charge is 0.341 e. The molecule has 0 saturated carbocycles. The molecule has 0 aliphatic carbocycles. The number of nitrogens with two attached hydrogens (primary N) is 1. The summed E-state index contributed by atoms with van der Waals surface area (Å²) in [4.78, 5) is 47.4. The van der Waals surface area contributed by atoms with Crippen molar-refractivity contribution in [3.8, 4) is 0 Å². The summed E-state index contributed by atoms with van der Waals surface area (Å²) >= 11 is 0.868. The maximum absolute atomic E-state index is 12.5. The van der Waals surface area contributed by atoms with Crippen molar-refractivity contribution in [1.82, 2.24) is 9.78 Å². The highest BCUT2D eigenvalue weighted by atomic mass is 32.1. The highest BCUT2D eigenvalue weighted by molar-refractivity contribution is 7.18. The number of amides is 2. The summed E-state index contributed by atoms with van der Waals surface area (Å²) in [7, 11) is 0. The minimum Gasteiger partial charge on any atom is -0.478 e. The van der Waals surface area contributed by atoms with Gasteiger partial charge in [-0.1, -0.05) is 0 Å². The van der Waals surface area contributed by atoms with Crippen LogP contribution in [0.3, 0.4) is 0 Å². The van der Waals surface area contributed by atoms with Crippen LogP contribution in [-0.2, 0) is 9.53 Å². The molecule has 0 aromatic carbocycles. The molecule has 1 atom stereocenters. The standard InChI is InChI=1S/C16H18N4O6S/c1-4-26-16(25)10-7(2)11(12(17)21)27-14(10)19-13(22)8(3)20-6-9(5-18-20)15(23)24/h5-6,8H,4H2,1-3H3,(H2,17,21)(H,19,22)(H,23,24). The van der Waals surface area contributed by atoms with Gasteiger partial charge < -0.3 is 20.9 Å². The van der Waals surface area contributed by atoms with E-state index in [0.717, 1.165) is 17.5 Å². The minimum absolute atomic E-state index is 0.0582. The predicted molar refractivity (Wildman–Crippen MR) is 96.1 cm³/mol. The van der Waals surface area contributed by atoms with Crippen LogP contribution in [0, 0.1) is 6.92 Å². The third kappa shape index (κ3) is 4.14. The quantitative estimate of drug-likeness (QED) is 0.600. The number of anilines is 1. The van der Waals surface area contributed by atoms with Crippen LogP contribution in [0.5, 0.6) is 0 Å². The number of carboxylic acids is 1. The molecular formula is C16H18N4O6S. The first-order valence-electron chi connectivity index (χ1n) is 7.85. The molecule has 1 unspecified atom stereocenters. The molecule has 144 valence electrons. The lowest BCUT2D eigenvalue weighted by atomic mass is 10.1. The van der Waals surface area contributed by atoms with Crippen LogP contribution in [0.4, 0.5) is 5.00 Å². The molecular weight excluding hydrogens is 376 g/mol. The van der Waals surface area contributed by atoms with Crippen molar-refractivity contribution in [2.75, 3.05) is 11.9 Å². The van der Waals surface area contributed by atoms with Crippen molar-refractivity contribution in [1.29, 1.82) is 0 Å². The average Bonchev–Trinajstić information content (AvgIpc) is 3.19. The van der Waals surface area contributed by atoms with Gasteiger partial charge in [-0.15, -0.1) is 11.3 Å². The Bertz CT molecular complexity index is 916. The molecule has 0 saturated heterocycles. The van der Waals surface area contributed by atoms with E-state index in [1.54, 1.807) is 6.92 Å². The highest BCUT2D eigenvalue weighted by Gasteiger charge is 2.27. The molecule has 0 aliphatic rings. The van der Waals surface area contributed by atoms with Gasteiger partial charge in [0.15, 0.2) is 0 Å². The molecule has 10 nitrogen and oxygen atoms in total. The molecule has 0 fully saturated rings. The van der Waals surface area contributed by atoms with E-state index >= 15 is 0 Å². The molecule has 0 spiro atoms. The van der Waals surface area contributed by atoms with Gasteiger partial charge in [-0.25, -0.2) is 9.59 Å². The van der Waals surface area contributed by atoms with Crippen molar-refractivity contribution < 1.29 is 29.0 Å². The zero-order valence-corrected chi connectivity index (χ0v) is 15.6. The Labute approximate surface area is 157 Å². The lowest BCUT2D eigenvalue weighted by molar-refractivity contribution is -0.119. The van der Waals surface area contributed by atoms with Crippen molar-refractivity contribution in [3.05, 3.63) is 34.0 Å². The number of ether oxygens (including phenoxy) is 1. The monoisotopic (exact) mass is 394 g/mol. The van der Waals surface area contributed by atoms with Crippen molar-refractivity contribution in [3.63, 3.8) is 0 Å². The second-order valence-electron chi connectivity index (χ2n) is 5.52. The van der Waals surface area contributed by atoms with E-state index in [1.807, 2.05) is 0 Å². The molecule has 2 aromatic heterocycles. The van der Waals surface area contributed by atoms with E-state index in [2.05, 4.69) is 10.4 Å². The second kappa shape index (κ2) is 7.99. The zero-order valence-electron chi connectivity index (χ0n) is 14.8. The maximum atomic E-state index is 12.5. The summed E-state index contributed by atoms with van der Waals surface area (Å²) in [6, 6.07) is -0.868. The number of carbonyl (C=O) groups excluding carboxylic acids is 3. The fraction of sp³-hybridized carbons (Fsp3) is 0.312. The fourth-order valence-corrected chi connectivity index (χ4v) is 3.33. The Morgan fingerprint density at radius 1 is 1.41 bits per heavy atom. The van der Waals surface area contributed by atoms with Crippen LogP contribution in [-0.4, -0.2) is 45.2 Å². The normalized spacial score (nSPS) is 11.7. The van der Waals surface area contributed by atoms with Crippen LogP contribution in [0.25, 0.3) is 0 Å². The number of carboxylic acid groups (broad SMARTS) is 1. The number of aromatic nitrogens is 2. The fourth-order valence-electron chi connectivity index (χ4n) is 2.28. The maximum Gasteiger partial charge on any atom is 0.341 e. The Balaban J connectivity index is 2.32. The highest BCUT2D eigenvalue weighted by Crippen LogP contribution is 2.34. The number of hydrogen-bond donors (Lipinski definition) is 3. The number of esters is 1. The summed E-state index contributed by atoms with van der Waals surface area (Å²) in [6.07, 6.45) is 2.34. The van der Waals surface area contributed by atoms with E-state index in [1.165, 1.54) is 24.7 Å². The molecule has 2 heterocycles. The van der Waals surface area contributed by atoms with E-state index in [-0.39, 0.29) is 27.6 Å². The molecule has 11 heteroatoms. The van der Waals surface area contributed by atoms with Crippen molar-refractivity contribution in [2.24, 2.45) is 5.73 Å². The number of carbonyl (C=O) groups is 4. The molecule has 2 rings (SSSR count). The predicted octanol–water partition coefficient (Wildman–Crippen LogP) is 1.43. The van der Waals surface area contributed by atoms with Gasteiger partial charge in [-0.05, 0) is 26.3 Å². The van der Waals surface area contributed by atoms with Crippen LogP contribution in [0.1, 0.15) is 55.8 Å². The van der Waals surface area contributed by atoms with Gasteiger partial charge in [0.25, 0.3) is 5.91 Å². The molecule has 4 N–H and O–H groups in total. The first-order chi connectivity index (χ1) is 12.7. The summed E-state index contributed by atoms with van der Waals surface area (Å²) in [6.45, 7) is 4.80. The first kappa shape index (κ1) is 20.1. The third-order valence-corrected chi connectivity index (χ3v) is 4.93. The van der Waals surface area contributed by atoms with E-state index in [9.17, 15) is 19.2 Å². The molecule has 2 aromatic rings. The van der Waals surface area contributed by atoms with Crippen molar-refractivity contribution >= 4 is 40.1 Å². The molecule has 0 bridgehead atoms. The Morgan fingerprint density at radius 3 is 2.59 bits per heavy atom. The van der Waals surface area contributed by atoms with Crippen LogP contribution >= 0.6 is 11.3 Å².